The molecule has 0 aliphatic heterocycles. The first kappa shape index (κ1) is 25.1. The van der Waals surface area contributed by atoms with E-state index in [1.54, 1.807) is 6.07 Å². The molecule has 202 valence electrons. The average molecular weight is 560 g/mol. The monoisotopic (exact) mass is 559 g/mol. The van der Waals surface area contributed by atoms with E-state index < -0.39 is 0 Å². The molecule has 0 fully saturated rings. The van der Waals surface area contributed by atoms with Crippen molar-refractivity contribution >= 4 is 43.6 Å². The molecule has 8 rings (SSSR count). The van der Waals surface area contributed by atoms with Gasteiger partial charge in [-0.15, -0.1) is 0 Å². The van der Waals surface area contributed by atoms with Crippen LogP contribution in [0.3, 0.4) is 0 Å². The fourth-order valence-electron chi connectivity index (χ4n) is 6.65. The molecule has 0 radical (unpaired) electrons. The first-order chi connectivity index (χ1) is 21.7. The number of nitrogens with zero attached hydrogens (tertiary/aromatic N) is 5. The van der Waals surface area contributed by atoms with E-state index >= 15 is 0 Å². The lowest BCUT2D eigenvalue weighted by Crippen LogP contribution is -2.06. The highest BCUT2D eigenvalue weighted by molar-refractivity contribution is 6.11. The molecule has 0 amide bonds. The van der Waals surface area contributed by atoms with Gasteiger partial charge in [0.1, 0.15) is 12.1 Å². The molecule has 44 heavy (non-hydrogen) atoms. The van der Waals surface area contributed by atoms with E-state index in [9.17, 15) is 15.8 Å². The molecule has 5 heteroatoms. The number of rotatable bonds is 3. The van der Waals surface area contributed by atoms with E-state index in [-0.39, 0.29) is 0 Å². The highest BCUT2D eigenvalue weighted by Gasteiger charge is 2.24. The van der Waals surface area contributed by atoms with Gasteiger partial charge >= 0.3 is 0 Å². The van der Waals surface area contributed by atoms with Gasteiger partial charge < -0.3 is 9.13 Å². The highest BCUT2D eigenvalue weighted by atomic mass is 15.0. The molecular weight excluding hydrogens is 538 g/mol. The maximum atomic E-state index is 10.6. The first-order valence-corrected chi connectivity index (χ1v) is 14.2. The van der Waals surface area contributed by atoms with Gasteiger partial charge in [0.25, 0.3) is 0 Å². The van der Waals surface area contributed by atoms with E-state index in [1.165, 1.54) is 0 Å². The third kappa shape index (κ3) is 3.50. The molecule has 2 heterocycles. The molecule has 0 unspecified atom stereocenters. The molecule has 0 aliphatic carbocycles. The topological polar surface area (TPSA) is 81.2 Å². The normalized spacial score (nSPS) is 11.1. The number of nitriles is 3. The minimum Gasteiger partial charge on any atom is -0.307 e. The molecule has 0 bridgehead atoms. The van der Waals surface area contributed by atoms with Crippen molar-refractivity contribution < 1.29 is 0 Å². The quantitative estimate of drug-likeness (QED) is 0.216. The molecule has 8 aromatic rings. The molecule has 0 saturated heterocycles. The summed E-state index contributed by atoms with van der Waals surface area (Å²) in [5, 5.41) is 35.4. The number of fused-ring (bicyclic) bond motifs is 6. The van der Waals surface area contributed by atoms with Crippen molar-refractivity contribution in [2.45, 2.75) is 0 Å². The van der Waals surface area contributed by atoms with E-state index in [2.05, 4.69) is 75.9 Å². The molecule has 0 spiro atoms. The Labute approximate surface area is 252 Å². The molecule has 0 saturated carbocycles. The lowest BCUT2D eigenvalue weighted by Gasteiger charge is -2.20. The minimum atomic E-state index is 0.372. The maximum Gasteiger partial charge on any atom is 0.101 e. The van der Waals surface area contributed by atoms with Crippen LogP contribution in [0.4, 0.5) is 0 Å². The lowest BCUT2D eigenvalue weighted by atomic mass is 9.94. The van der Waals surface area contributed by atoms with Crippen LogP contribution >= 0.6 is 0 Å². The van der Waals surface area contributed by atoms with Crippen molar-refractivity contribution in [2.75, 3.05) is 0 Å². The van der Waals surface area contributed by atoms with Crippen LogP contribution in [0.1, 0.15) is 16.7 Å². The van der Waals surface area contributed by atoms with Gasteiger partial charge in [-0.3, -0.25) is 0 Å². The van der Waals surface area contributed by atoms with Crippen molar-refractivity contribution in [1.82, 2.24) is 9.13 Å². The molecule has 0 aliphatic rings. The summed E-state index contributed by atoms with van der Waals surface area (Å²) in [5.74, 6) is 0. The van der Waals surface area contributed by atoms with Crippen molar-refractivity contribution in [3.8, 4) is 40.7 Å². The van der Waals surface area contributed by atoms with Crippen LogP contribution in [0.2, 0.25) is 0 Å². The van der Waals surface area contributed by atoms with Crippen LogP contribution in [0, 0.1) is 34.0 Å². The highest BCUT2D eigenvalue weighted by Crippen LogP contribution is 2.43. The Kier molecular flexibility index (Phi) is 5.56. The standard InChI is InChI=1S/C39H21N5/c40-22-25-20-27(24-42)39(44-36-18-7-3-13-30(36)31-14-4-8-19-37(31)44)33(21-25)32-15-9-10-26(23-41)38(32)43-34-16-5-1-11-28(34)29-12-2-6-17-35(29)43/h1-21H. The summed E-state index contributed by atoms with van der Waals surface area (Å²) in [6, 6.07) is 48.9. The summed E-state index contributed by atoms with van der Waals surface area (Å²) in [6.07, 6.45) is 0. The summed E-state index contributed by atoms with van der Waals surface area (Å²) in [7, 11) is 0. The molecule has 6 aromatic carbocycles. The Morgan fingerprint density at radius 1 is 0.386 bits per heavy atom. The van der Waals surface area contributed by atoms with Crippen LogP contribution in [0.25, 0.3) is 66.1 Å². The fourth-order valence-corrected chi connectivity index (χ4v) is 6.65. The second-order valence-electron chi connectivity index (χ2n) is 10.7. The zero-order valence-electron chi connectivity index (χ0n) is 23.4. The molecule has 5 nitrogen and oxygen atoms in total. The Hall–Kier alpha value is -6.61. The van der Waals surface area contributed by atoms with Crippen molar-refractivity contribution in [1.29, 1.82) is 15.8 Å². The molecule has 0 N–H and O–H groups in total. The van der Waals surface area contributed by atoms with Crippen molar-refractivity contribution in [2.24, 2.45) is 0 Å². The van der Waals surface area contributed by atoms with E-state index in [0.29, 0.717) is 33.6 Å². The summed E-state index contributed by atoms with van der Waals surface area (Å²) >= 11 is 0. The SMILES string of the molecule is N#Cc1cc(C#N)c(-n2c3ccccc3c3ccccc32)c(-c2cccc(C#N)c2-n2c3ccccc3c3ccccc32)c1. The third-order valence-corrected chi connectivity index (χ3v) is 8.41. The van der Waals surface area contributed by atoms with Gasteiger partial charge in [0.05, 0.1) is 56.2 Å². The zero-order chi connectivity index (χ0) is 29.8. The van der Waals surface area contributed by atoms with Crippen LogP contribution in [0.15, 0.2) is 127 Å². The number of hydrogen-bond donors (Lipinski definition) is 0. The number of aromatic nitrogens is 2. The largest absolute Gasteiger partial charge is 0.307 e. The van der Waals surface area contributed by atoms with Gasteiger partial charge in [-0.05, 0) is 42.5 Å². The van der Waals surface area contributed by atoms with Gasteiger partial charge in [-0.25, -0.2) is 0 Å². The predicted octanol–water partition coefficient (Wildman–Crippen LogP) is 9.16. The zero-order valence-corrected chi connectivity index (χ0v) is 23.4. The van der Waals surface area contributed by atoms with Crippen LogP contribution in [0.5, 0.6) is 0 Å². The average Bonchev–Trinajstić information content (AvgIpc) is 3.60. The lowest BCUT2D eigenvalue weighted by molar-refractivity contribution is 1.15. The maximum absolute atomic E-state index is 10.6. The van der Waals surface area contributed by atoms with Gasteiger partial charge in [-0.1, -0.05) is 84.9 Å². The number of hydrogen-bond acceptors (Lipinski definition) is 3. The van der Waals surface area contributed by atoms with Gasteiger partial charge in [0.2, 0.25) is 0 Å². The smallest absolute Gasteiger partial charge is 0.101 e. The van der Waals surface area contributed by atoms with E-state index in [0.717, 1.165) is 49.2 Å². The second kappa shape index (κ2) is 9.74. The molecule has 0 atom stereocenters. The number of benzene rings is 6. The number of para-hydroxylation sites is 5. The van der Waals surface area contributed by atoms with Gasteiger partial charge in [-0.2, -0.15) is 15.8 Å². The van der Waals surface area contributed by atoms with Crippen LogP contribution in [-0.4, -0.2) is 9.13 Å². The van der Waals surface area contributed by atoms with Crippen LogP contribution in [-0.2, 0) is 0 Å². The fraction of sp³-hybridized carbons (Fsp3) is 0. The Morgan fingerprint density at radius 3 is 1.25 bits per heavy atom. The van der Waals surface area contributed by atoms with Gasteiger partial charge in [0.15, 0.2) is 0 Å². The van der Waals surface area contributed by atoms with E-state index in [4.69, 9.17) is 0 Å². The van der Waals surface area contributed by atoms with Crippen molar-refractivity contribution in [3.05, 3.63) is 144 Å². The van der Waals surface area contributed by atoms with Gasteiger partial charge in [0, 0.05) is 32.7 Å². The third-order valence-electron chi connectivity index (χ3n) is 8.41. The first-order valence-electron chi connectivity index (χ1n) is 14.2. The summed E-state index contributed by atoms with van der Waals surface area (Å²) in [6.45, 7) is 0. The van der Waals surface area contributed by atoms with E-state index in [1.807, 2.05) is 72.8 Å². The predicted molar refractivity (Wildman–Crippen MR) is 175 cm³/mol. The Morgan fingerprint density at radius 2 is 0.818 bits per heavy atom. The summed E-state index contributed by atoms with van der Waals surface area (Å²) in [5.41, 5.74) is 7.88. The minimum absolute atomic E-state index is 0.372. The molecule has 2 aromatic heterocycles. The summed E-state index contributed by atoms with van der Waals surface area (Å²) in [4.78, 5) is 0. The summed E-state index contributed by atoms with van der Waals surface area (Å²) < 4.78 is 4.26. The van der Waals surface area contributed by atoms with Crippen molar-refractivity contribution in [3.63, 3.8) is 0 Å². The Balaban J connectivity index is 1.58. The molecular formula is C39H21N5. The second-order valence-corrected chi connectivity index (χ2v) is 10.7. The Bertz CT molecular complexity index is 2490. The van der Waals surface area contributed by atoms with Crippen LogP contribution < -0.4 is 0 Å².